The number of ketones is 1. The molecule has 1 unspecified atom stereocenters. The molecule has 0 heterocycles. The van der Waals surface area contributed by atoms with Gasteiger partial charge < -0.3 is 4.74 Å². The lowest BCUT2D eigenvalue weighted by atomic mass is 9.75. The summed E-state index contributed by atoms with van der Waals surface area (Å²) in [5, 5.41) is 0. The zero-order chi connectivity index (χ0) is 11.5. The molecule has 0 spiro atoms. The Hall–Kier alpha value is -1.38. The molecule has 3 nitrogen and oxygen atoms in total. The van der Waals surface area contributed by atoms with Crippen LogP contribution < -0.4 is 0 Å². The largest absolute Gasteiger partial charge is 0.466 e. The van der Waals surface area contributed by atoms with Gasteiger partial charge in [-0.15, -0.1) is 0 Å². The van der Waals surface area contributed by atoms with E-state index in [1.54, 1.807) is 39.0 Å². The number of esters is 1. The molecule has 15 heavy (non-hydrogen) atoms. The standard InChI is InChI=1S/C12H16O3/c1-4-15-11(14)12(2,3)9-7-5-6-8-10(9)13/h5-9H,4H2,1-3H3. The Morgan fingerprint density at radius 3 is 2.67 bits per heavy atom. The minimum Gasteiger partial charge on any atom is -0.466 e. The summed E-state index contributed by atoms with van der Waals surface area (Å²) in [6, 6.07) is 0. The molecule has 1 rings (SSSR count). The number of rotatable bonds is 3. The van der Waals surface area contributed by atoms with Crippen molar-refractivity contribution in [2.75, 3.05) is 6.61 Å². The van der Waals surface area contributed by atoms with Gasteiger partial charge in [0.1, 0.15) is 0 Å². The summed E-state index contributed by atoms with van der Waals surface area (Å²) in [7, 11) is 0. The zero-order valence-corrected chi connectivity index (χ0v) is 9.32. The first-order valence-electron chi connectivity index (χ1n) is 5.06. The van der Waals surface area contributed by atoms with Gasteiger partial charge >= 0.3 is 5.97 Å². The minimum atomic E-state index is -0.797. The molecule has 1 atom stereocenters. The van der Waals surface area contributed by atoms with E-state index < -0.39 is 11.3 Å². The van der Waals surface area contributed by atoms with Crippen LogP contribution in [0.4, 0.5) is 0 Å². The van der Waals surface area contributed by atoms with Crippen molar-refractivity contribution in [2.24, 2.45) is 11.3 Å². The van der Waals surface area contributed by atoms with Crippen molar-refractivity contribution in [2.45, 2.75) is 20.8 Å². The molecule has 1 aliphatic carbocycles. The van der Waals surface area contributed by atoms with Crippen molar-refractivity contribution in [3.05, 3.63) is 24.3 Å². The van der Waals surface area contributed by atoms with E-state index in [-0.39, 0.29) is 11.8 Å². The van der Waals surface area contributed by atoms with Crippen molar-refractivity contribution >= 4 is 11.8 Å². The molecule has 0 aromatic carbocycles. The van der Waals surface area contributed by atoms with Gasteiger partial charge in [-0.3, -0.25) is 9.59 Å². The Bertz CT molecular complexity index is 324. The Labute approximate surface area is 89.8 Å². The number of hydrogen-bond acceptors (Lipinski definition) is 3. The second-order valence-electron chi connectivity index (χ2n) is 4.07. The van der Waals surface area contributed by atoms with Crippen molar-refractivity contribution in [1.82, 2.24) is 0 Å². The molecule has 0 fully saturated rings. The van der Waals surface area contributed by atoms with E-state index in [4.69, 9.17) is 4.74 Å². The van der Waals surface area contributed by atoms with Crippen LogP contribution in [-0.4, -0.2) is 18.4 Å². The lowest BCUT2D eigenvalue weighted by Crippen LogP contribution is -2.38. The van der Waals surface area contributed by atoms with Crippen LogP contribution in [0.3, 0.4) is 0 Å². The van der Waals surface area contributed by atoms with Crippen molar-refractivity contribution in [1.29, 1.82) is 0 Å². The first-order valence-corrected chi connectivity index (χ1v) is 5.06. The number of ether oxygens (including phenoxy) is 1. The third-order valence-corrected chi connectivity index (χ3v) is 2.56. The maximum atomic E-state index is 11.7. The first kappa shape index (κ1) is 11.7. The third-order valence-electron chi connectivity index (χ3n) is 2.56. The fourth-order valence-corrected chi connectivity index (χ4v) is 1.56. The summed E-state index contributed by atoms with van der Waals surface area (Å²) < 4.78 is 4.96. The van der Waals surface area contributed by atoms with Crippen LogP contribution in [0.2, 0.25) is 0 Å². The van der Waals surface area contributed by atoms with Crippen LogP contribution in [0.1, 0.15) is 20.8 Å². The maximum Gasteiger partial charge on any atom is 0.312 e. The number of hydrogen-bond donors (Lipinski definition) is 0. The van der Waals surface area contributed by atoms with Crippen LogP contribution in [-0.2, 0) is 14.3 Å². The van der Waals surface area contributed by atoms with Gasteiger partial charge in [0.2, 0.25) is 0 Å². The summed E-state index contributed by atoms with van der Waals surface area (Å²) >= 11 is 0. The SMILES string of the molecule is CCOC(=O)C(C)(C)C1C=CC=CC1=O. The average Bonchev–Trinajstić information content (AvgIpc) is 2.18. The van der Waals surface area contributed by atoms with Crippen LogP contribution in [0.5, 0.6) is 0 Å². The summed E-state index contributed by atoms with van der Waals surface area (Å²) in [4.78, 5) is 23.3. The van der Waals surface area contributed by atoms with Crippen LogP contribution in [0, 0.1) is 11.3 Å². The molecule has 0 saturated carbocycles. The molecule has 82 valence electrons. The van der Waals surface area contributed by atoms with Crippen LogP contribution in [0.15, 0.2) is 24.3 Å². The number of allylic oxidation sites excluding steroid dienone is 4. The van der Waals surface area contributed by atoms with Crippen molar-refractivity contribution in [3.8, 4) is 0 Å². The second kappa shape index (κ2) is 4.43. The third kappa shape index (κ3) is 2.35. The summed E-state index contributed by atoms with van der Waals surface area (Å²) in [6.07, 6.45) is 6.71. The predicted octanol–water partition coefficient (Wildman–Crippen LogP) is 1.89. The number of carbonyl (C=O) groups is 2. The van der Waals surface area contributed by atoms with Gasteiger partial charge in [0.05, 0.1) is 17.9 Å². The highest BCUT2D eigenvalue weighted by molar-refractivity contribution is 5.98. The summed E-state index contributed by atoms with van der Waals surface area (Å²) in [6.45, 7) is 5.56. The summed E-state index contributed by atoms with van der Waals surface area (Å²) in [5.41, 5.74) is -0.797. The first-order chi connectivity index (χ1) is 7.00. The Kier molecular flexibility index (Phi) is 3.45. The number of carbonyl (C=O) groups excluding carboxylic acids is 2. The molecule has 0 saturated heterocycles. The lowest BCUT2D eigenvalue weighted by molar-refractivity contribution is -0.157. The highest BCUT2D eigenvalue weighted by atomic mass is 16.5. The molecular formula is C12H16O3. The van der Waals surface area contributed by atoms with Gasteiger partial charge in [-0.25, -0.2) is 0 Å². The van der Waals surface area contributed by atoms with Crippen molar-refractivity contribution < 1.29 is 14.3 Å². The quantitative estimate of drug-likeness (QED) is 0.665. The van der Waals surface area contributed by atoms with E-state index in [2.05, 4.69) is 0 Å². The van der Waals surface area contributed by atoms with E-state index in [1.807, 2.05) is 0 Å². The molecule has 0 radical (unpaired) electrons. The predicted molar refractivity (Wildman–Crippen MR) is 57.2 cm³/mol. The van der Waals surface area contributed by atoms with E-state index in [1.165, 1.54) is 6.08 Å². The average molecular weight is 208 g/mol. The van der Waals surface area contributed by atoms with E-state index in [0.717, 1.165) is 0 Å². The smallest absolute Gasteiger partial charge is 0.312 e. The van der Waals surface area contributed by atoms with E-state index >= 15 is 0 Å². The molecule has 3 heteroatoms. The van der Waals surface area contributed by atoms with Gasteiger partial charge in [0, 0.05) is 0 Å². The van der Waals surface area contributed by atoms with Gasteiger partial charge in [-0.2, -0.15) is 0 Å². The second-order valence-corrected chi connectivity index (χ2v) is 4.07. The molecule has 0 aromatic rings. The van der Waals surface area contributed by atoms with Crippen LogP contribution >= 0.6 is 0 Å². The van der Waals surface area contributed by atoms with Gasteiger partial charge in [0.25, 0.3) is 0 Å². The fraction of sp³-hybridized carbons (Fsp3) is 0.500. The molecule has 0 aliphatic heterocycles. The zero-order valence-electron chi connectivity index (χ0n) is 9.32. The normalized spacial score (nSPS) is 20.5. The molecular weight excluding hydrogens is 192 g/mol. The highest BCUT2D eigenvalue weighted by Crippen LogP contribution is 2.32. The van der Waals surface area contributed by atoms with Gasteiger partial charge in [-0.1, -0.05) is 18.2 Å². The van der Waals surface area contributed by atoms with Gasteiger partial charge in [-0.05, 0) is 26.8 Å². The topological polar surface area (TPSA) is 43.4 Å². The van der Waals surface area contributed by atoms with Crippen LogP contribution in [0.25, 0.3) is 0 Å². The van der Waals surface area contributed by atoms with Gasteiger partial charge in [0.15, 0.2) is 5.78 Å². The Balaban J connectivity index is 2.85. The molecule has 0 bridgehead atoms. The highest BCUT2D eigenvalue weighted by Gasteiger charge is 2.40. The van der Waals surface area contributed by atoms with E-state index in [9.17, 15) is 9.59 Å². The van der Waals surface area contributed by atoms with Crippen molar-refractivity contribution in [3.63, 3.8) is 0 Å². The maximum absolute atomic E-state index is 11.7. The van der Waals surface area contributed by atoms with E-state index in [0.29, 0.717) is 6.61 Å². The molecule has 1 aliphatic rings. The molecule has 0 amide bonds. The fourth-order valence-electron chi connectivity index (χ4n) is 1.56. The monoisotopic (exact) mass is 208 g/mol. The summed E-state index contributed by atoms with van der Waals surface area (Å²) in [5.74, 6) is -0.791. The minimum absolute atomic E-state index is 0.0458. The Morgan fingerprint density at radius 2 is 2.13 bits per heavy atom. The Morgan fingerprint density at radius 1 is 1.47 bits per heavy atom. The lowest BCUT2D eigenvalue weighted by Gasteiger charge is -2.29. The molecule has 0 aromatic heterocycles. The molecule has 0 N–H and O–H groups in total.